The minimum Gasteiger partial charge on any atom is -0.256 e. The second-order valence-corrected chi connectivity index (χ2v) is 4.17. The number of aromatic nitrogens is 2. The molecule has 0 atom stereocenters. The highest BCUT2D eigenvalue weighted by molar-refractivity contribution is 7.13. The van der Waals surface area contributed by atoms with Crippen LogP contribution in [0.2, 0.25) is 0 Å². The Hall–Kier alpha value is -1.74. The zero-order valence-corrected chi connectivity index (χ0v) is 8.74. The molecule has 0 radical (unpaired) electrons. The standard InChI is InChI=1S/C12H8N2S/c1-2-4-11-9(3-1)5-10(6-14-11)12-7-13-8-15-12/h1-8H. The molecule has 0 saturated heterocycles. The van der Waals surface area contributed by atoms with Crippen LogP contribution in [0.5, 0.6) is 0 Å². The van der Waals surface area contributed by atoms with Gasteiger partial charge in [-0.05, 0) is 12.1 Å². The van der Waals surface area contributed by atoms with Crippen molar-refractivity contribution in [2.45, 2.75) is 0 Å². The van der Waals surface area contributed by atoms with E-state index in [-0.39, 0.29) is 0 Å². The van der Waals surface area contributed by atoms with Crippen molar-refractivity contribution in [3.63, 3.8) is 0 Å². The van der Waals surface area contributed by atoms with E-state index in [2.05, 4.69) is 22.1 Å². The SMILES string of the molecule is c1ccc2ncc(-c3cncs3)cc2c1. The maximum absolute atomic E-state index is 4.42. The summed E-state index contributed by atoms with van der Waals surface area (Å²) in [6.07, 6.45) is 3.77. The summed E-state index contributed by atoms with van der Waals surface area (Å²) in [5, 5.41) is 1.17. The van der Waals surface area contributed by atoms with Crippen molar-refractivity contribution in [2.75, 3.05) is 0 Å². The Labute approximate surface area is 91.2 Å². The number of hydrogen-bond donors (Lipinski definition) is 0. The first kappa shape index (κ1) is 8.56. The van der Waals surface area contributed by atoms with E-state index in [9.17, 15) is 0 Å². The van der Waals surface area contributed by atoms with Gasteiger partial charge in [0, 0.05) is 23.3 Å². The van der Waals surface area contributed by atoms with Crippen LogP contribution in [-0.2, 0) is 0 Å². The predicted octanol–water partition coefficient (Wildman–Crippen LogP) is 3.36. The number of thiazole rings is 1. The van der Waals surface area contributed by atoms with Crippen LogP contribution in [0.15, 0.2) is 48.2 Å². The summed E-state index contributed by atoms with van der Waals surface area (Å²) in [4.78, 5) is 9.65. The topological polar surface area (TPSA) is 25.8 Å². The van der Waals surface area contributed by atoms with E-state index in [0.717, 1.165) is 16.0 Å². The summed E-state index contributed by atoms with van der Waals surface area (Å²) in [5.74, 6) is 0. The summed E-state index contributed by atoms with van der Waals surface area (Å²) in [6.45, 7) is 0. The molecule has 2 heterocycles. The maximum Gasteiger partial charge on any atom is 0.0797 e. The molecule has 0 saturated carbocycles. The lowest BCUT2D eigenvalue weighted by Gasteiger charge is -1.99. The van der Waals surface area contributed by atoms with Crippen molar-refractivity contribution in [1.29, 1.82) is 0 Å². The summed E-state index contributed by atoms with van der Waals surface area (Å²) in [7, 11) is 0. The van der Waals surface area contributed by atoms with E-state index in [1.54, 1.807) is 11.3 Å². The molecule has 0 aliphatic heterocycles. The van der Waals surface area contributed by atoms with E-state index in [4.69, 9.17) is 0 Å². The van der Waals surface area contributed by atoms with Gasteiger partial charge < -0.3 is 0 Å². The molecule has 2 aromatic heterocycles. The molecule has 3 rings (SSSR count). The molecular weight excluding hydrogens is 204 g/mol. The lowest BCUT2D eigenvalue weighted by atomic mass is 10.1. The first-order valence-electron chi connectivity index (χ1n) is 4.67. The first-order chi connectivity index (χ1) is 7.43. The molecule has 0 amide bonds. The Bertz CT molecular complexity index is 587. The van der Waals surface area contributed by atoms with Gasteiger partial charge in [-0.2, -0.15) is 0 Å². The van der Waals surface area contributed by atoms with E-state index in [0.29, 0.717) is 0 Å². The van der Waals surface area contributed by atoms with Gasteiger partial charge in [-0.15, -0.1) is 11.3 Å². The molecule has 15 heavy (non-hydrogen) atoms. The van der Waals surface area contributed by atoms with E-state index >= 15 is 0 Å². The van der Waals surface area contributed by atoms with Crippen LogP contribution in [0, 0.1) is 0 Å². The van der Waals surface area contributed by atoms with Crippen molar-refractivity contribution in [3.8, 4) is 10.4 Å². The Morgan fingerprint density at radius 3 is 2.87 bits per heavy atom. The summed E-state index contributed by atoms with van der Waals surface area (Å²) >= 11 is 1.63. The molecule has 3 heteroatoms. The molecule has 0 unspecified atom stereocenters. The Kier molecular flexibility index (Phi) is 1.96. The summed E-state index contributed by atoms with van der Waals surface area (Å²) in [6, 6.07) is 10.3. The highest BCUT2D eigenvalue weighted by Gasteiger charge is 2.01. The normalized spacial score (nSPS) is 10.7. The second-order valence-electron chi connectivity index (χ2n) is 3.28. The van der Waals surface area contributed by atoms with Crippen LogP contribution in [0.3, 0.4) is 0 Å². The predicted molar refractivity (Wildman–Crippen MR) is 62.9 cm³/mol. The van der Waals surface area contributed by atoms with Gasteiger partial charge in [0.15, 0.2) is 0 Å². The molecular formula is C12H8N2S. The van der Waals surface area contributed by atoms with Gasteiger partial charge in [0.05, 0.1) is 15.9 Å². The van der Waals surface area contributed by atoms with Gasteiger partial charge in [-0.1, -0.05) is 18.2 Å². The van der Waals surface area contributed by atoms with Crippen molar-refractivity contribution >= 4 is 22.2 Å². The Morgan fingerprint density at radius 2 is 2.00 bits per heavy atom. The van der Waals surface area contributed by atoms with Crippen LogP contribution in [0.4, 0.5) is 0 Å². The van der Waals surface area contributed by atoms with Crippen LogP contribution < -0.4 is 0 Å². The number of fused-ring (bicyclic) bond motifs is 1. The molecule has 2 nitrogen and oxygen atoms in total. The van der Waals surface area contributed by atoms with Crippen LogP contribution in [0.25, 0.3) is 21.3 Å². The molecule has 0 aliphatic carbocycles. The van der Waals surface area contributed by atoms with Gasteiger partial charge in [-0.25, -0.2) is 0 Å². The lowest BCUT2D eigenvalue weighted by molar-refractivity contribution is 1.39. The molecule has 0 aliphatic rings. The molecule has 72 valence electrons. The van der Waals surface area contributed by atoms with Crippen LogP contribution in [-0.4, -0.2) is 9.97 Å². The molecule has 1 aromatic carbocycles. The minimum absolute atomic E-state index is 1.03. The molecule has 0 N–H and O–H groups in total. The van der Waals surface area contributed by atoms with Gasteiger partial charge in [-0.3, -0.25) is 9.97 Å². The zero-order valence-electron chi connectivity index (χ0n) is 7.92. The fourth-order valence-electron chi connectivity index (χ4n) is 1.56. The fourth-order valence-corrected chi connectivity index (χ4v) is 2.17. The number of rotatable bonds is 1. The number of benzene rings is 1. The van der Waals surface area contributed by atoms with Gasteiger partial charge in [0.1, 0.15) is 0 Å². The second kappa shape index (κ2) is 3.44. The van der Waals surface area contributed by atoms with Gasteiger partial charge >= 0.3 is 0 Å². The van der Waals surface area contributed by atoms with Crippen LogP contribution in [0.1, 0.15) is 0 Å². The van der Waals surface area contributed by atoms with Crippen LogP contribution >= 0.6 is 11.3 Å². The fraction of sp³-hybridized carbons (Fsp3) is 0. The van der Waals surface area contributed by atoms with Crippen molar-refractivity contribution in [2.24, 2.45) is 0 Å². The number of nitrogens with zero attached hydrogens (tertiary/aromatic N) is 2. The van der Waals surface area contributed by atoms with E-state index < -0.39 is 0 Å². The number of para-hydroxylation sites is 1. The van der Waals surface area contributed by atoms with E-state index in [1.165, 1.54) is 5.39 Å². The zero-order chi connectivity index (χ0) is 10.1. The first-order valence-corrected chi connectivity index (χ1v) is 5.55. The maximum atomic E-state index is 4.42. The van der Waals surface area contributed by atoms with Crippen molar-refractivity contribution < 1.29 is 0 Å². The molecule has 0 fully saturated rings. The van der Waals surface area contributed by atoms with Crippen molar-refractivity contribution in [1.82, 2.24) is 9.97 Å². The molecule has 0 spiro atoms. The summed E-state index contributed by atoms with van der Waals surface area (Å²) < 4.78 is 0. The Balaban J connectivity index is 2.22. The quantitative estimate of drug-likeness (QED) is 0.618. The summed E-state index contributed by atoms with van der Waals surface area (Å²) in [5.41, 5.74) is 4.01. The largest absolute Gasteiger partial charge is 0.256 e. The highest BCUT2D eigenvalue weighted by atomic mass is 32.1. The highest BCUT2D eigenvalue weighted by Crippen LogP contribution is 2.25. The smallest absolute Gasteiger partial charge is 0.0797 e. The third kappa shape index (κ3) is 1.51. The Morgan fingerprint density at radius 1 is 1.07 bits per heavy atom. The average Bonchev–Trinajstić information content (AvgIpc) is 2.82. The number of hydrogen-bond acceptors (Lipinski definition) is 3. The van der Waals surface area contributed by atoms with Gasteiger partial charge in [0.25, 0.3) is 0 Å². The minimum atomic E-state index is 1.03. The third-order valence-corrected chi connectivity index (χ3v) is 3.13. The van der Waals surface area contributed by atoms with E-state index in [1.807, 2.05) is 36.1 Å². The number of pyridine rings is 1. The molecule has 3 aromatic rings. The lowest BCUT2D eigenvalue weighted by Crippen LogP contribution is -1.79. The van der Waals surface area contributed by atoms with Gasteiger partial charge in [0.2, 0.25) is 0 Å². The van der Waals surface area contributed by atoms with Crippen molar-refractivity contribution in [3.05, 3.63) is 48.2 Å². The average molecular weight is 212 g/mol. The monoisotopic (exact) mass is 212 g/mol. The third-order valence-electron chi connectivity index (χ3n) is 2.31. The molecule has 0 bridgehead atoms.